The fraction of sp³-hybridized carbons (Fsp3) is 0.500. The van der Waals surface area contributed by atoms with Crippen LogP contribution in [0.2, 0.25) is 0 Å². The standard InChI is InChI=1S/C16H21N5O3/c1-11(2)9-12-10-13(16(22)23)21(19-12)15-4-3-14(17-18-15)20-5-7-24-8-6-20/h3-4,10-11H,5-9H2,1-2H3,(H,22,23). The maximum atomic E-state index is 11.5. The number of nitrogens with zero attached hydrogens (tertiary/aromatic N) is 5. The zero-order valence-corrected chi connectivity index (χ0v) is 13.8. The number of hydrogen-bond acceptors (Lipinski definition) is 6. The van der Waals surface area contributed by atoms with E-state index in [9.17, 15) is 9.90 Å². The summed E-state index contributed by atoms with van der Waals surface area (Å²) in [4.78, 5) is 13.6. The first kappa shape index (κ1) is 16.4. The summed E-state index contributed by atoms with van der Waals surface area (Å²) >= 11 is 0. The summed E-state index contributed by atoms with van der Waals surface area (Å²) < 4.78 is 6.66. The molecule has 8 nitrogen and oxygen atoms in total. The van der Waals surface area contributed by atoms with Crippen LogP contribution in [0.15, 0.2) is 18.2 Å². The number of carbonyl (C=O) groups is 1. The molecule has 1 N–H and O–H groups in total. The summed E-state index contributed by atoms with van der Waals surface area (Å²) in [6.45, 7) is 7.02. The van der Waals surface area contributed by atoms with Gasteiger partial charge in [-0.15, -0.1) is 10.2 Å². The van der Waals surface area contributed by atoms with E-state index in [0.717, 1.165) is 24.6 Å². The van der Waals surface area contributed by atoms with Crippen molar-refractivity contribution in [2.24, 2.45) is 5.92 Å². The first-order valence-electron chi connectivity index (χ1n) is 8.03. The van der Waals surface area contributed by atoms with E-state index < -0.39 is 5.97 Å². The molecule has 0 radical (unpaired) electrons. The zero-order chi connectivity index (χ0) is 17.1. The molecular formula is C16H21N5O3. The Morgan fingerprint density at radius 3 is 2.50 bits per heavy atom. The number of aromatic carboxylic acids is 1. The van der Waals surface area contributed by atoms with Crippen LogP contribution in [-0.4, -0.2) is 57.4 Å². The van der Waals surface area contributed by atoms with Crippen molar-refractivity contribution < 1.29 is 14.6 Å². The quantitative estimate of drug-likeness (QED) is 0.885. The minimum absolute atomic E-state index is 0.0964. The van der Waals surface area contributed by atoms with Crippen LogP contribution >= 0.6 is 0 Å². The predicted molar refractivity (Wildman–Crippen MR) is 87.7 cm³/mol. The minimum atomic E-state index is -1.03. The Hall–Kier alpha value is -2.48. The van der Waals surface area contributed by atoms with Gasteiger partial charge in [0, 0.05) is 13.1 Å². The normalized spacial score (nSPS) is 15.0. The second-order valence-corrected chi connectivity index (χ2v) is 6.18. The SMILES string of the molecule is CC(C)Cc1cc(C(=O)O)n(-c2ccc(N3CCOCC3)nn2)n1. The van der Waals surface area contributed by atoms with Crippen molar-refractivity contribution in [1.29, 1.82) is 0 Å². The number of aromatic nitrogens is 4. The number of carboxylic acid groups (broad SMARTS) is 1. The molecule has 2 aromatic heterocycles. The summed E-state index contributed by atoms with van der Waals surface area (Å²) in [6.07, 6.45) is 0.715. The number of hydrogen-bond donors (Lipinski definition) is 1. The van der Waals surface area contributed by atoms with Gasteiger partial charge in [-0.3, -0.25) is 0 Å². The Bertz CT molecular complexity index is 705. The lowest BCUT2D eigenvalue weighted by molar-refractivity contribution is 0.0686. The molecule has 1 aliphatic heterocycles. The van der Waals surface area contributed by atoms with E-state index >= 15 is 0 Å². The van der Waals surface area contributed by atoms with Crippen molar-refractivity contribution in [2.75, 3.05) is 31.2 Å². The Balaban J connectivity index is 1.87. The lowest BCUT2D eigenvalue weighted by atomic mass is 10.1. The van der Waals surface area contributed by atoms with Crippen molar-refractivity contribution in [2.45, 2.75) is 20.3 Å². The average molecular weight is 331 g/mol. The number of ether oxygens (including phenoxy) is 1. The topological polar surface area (TPSA) is 93.4 Å². The van der Waals surface area contributed by atoms with E-state index in [2.05, 4.69) is 34.0 Å². The second kappa shape index (κ2) is 6.96. The van der Waals surface area contributed by atoms with Crippen LogP contribution < -0.4 is 4.90 Å². The maximum absolute atomic E-state index is 11.5. The molecule has 24 heavy (non-hydrogen) atoms. The van der Waals surface area contributed by atoms with Gasteiger partial charge in [0.25, 0.3) is 0 Å². The van der Waals surface area contributed by atoms with Crippen LogP contribution in [0.1, 0.15) is 30.0 Å². The smallest absolute Gasteiger partial charge is 0.354 e. The molecular weight excluding hydrogens is 310 g/mol. The van der Waals surface area contributed by atoms with E-state index in [1.807, 2.05) is 6.07 Å². The molecule has 0 amide bonds. The third-order valence-corrected chi connectivity index (χ3v) is 3.78. The van der Waals surface area contributed by atoms with Gasteiger partial charge in [-0.25, -0.2) is 9.48 Å². The Kier molecular flexibility index (Phi) is 4.75. The molecule has 8 heteroatoms. The average Bonchev–Trinajstić information content (AvgIpc) is 2.99. The number of rotatable bonds is 5. The van der Waals surface area contributed by atoms with Crippen LogP contribution in [0, 0.1) is 5.92 Å². The lowest BCUT2D eigenvalue weighted by Crippen LogP contribution is -2.36. The Labute approximate surface area is 140 Å². The molecule has 0 spiro atoms. The molecule has 1 fully saturated rings. The second-order valence-electron chi connectivity index (χ2n) is 6.18. The van der Waals surface area contributed by atoms with Gasteiger partial charge in [-0.1, -0.05) is 13.8 Å². The Morgan fingerprint density at radius 1 is 1.25 bits per heavy atom. The molecule has 0 bridgehead atoms. The van der Waals surface area contributed by atoms with Crippen LogP contribution in [0.5, 0.6) is 0 Å². The van der Waals surface area contributed by atoms with Crippen LogP contribution in [0.4, 0.5) is 5.82 Å². The zero-order valence-electron chi connectivity index (χ0n) is 13.8. The monoisotopic (exact) mass is 331 g/mol. The number of anilines is 1. The third kappa shape index (κ3) is 3.53. The van der Waals surface area contributed by atoms with Gasteiger partial charge >= 0.3 is 5.97 Å². The fourth-order valence-corrected chi connectivity index (χ4v) is 2.67. The number of morpholine rings is 1. The highest BCUT2D eigenvalue weighted by Gasteiger charge is 2.18. The predicted octanol–water partition coefficient (Wildman–Crippen LogP) is 1.40. The summed E-state index contributed by atoms with van der Waals surface area (Å²) in [6, 6.07) is 5.18. The highest BCUT2D eigenvalue weighted by Crippen LogP contribution is 2.16. The first-order valence-corrected chi connectivity index (χ1v) is 8.03. The lowest BCUT2D eigenvalue weighted by Gasteiger charge is -2.27. The Morgan fingerprint density at radius 2 is 1.92 bits per heavy atom. The van der Waals surface area contributed by atoms with E-state index in [0.29, 0.717) is 31.4 Å². The van der Waals surface area contributed by atoms with E-state index in [1.54, 1.807) is 12.1 Å². The van der Waals surface area contributed by atoms with Gasteiger partial charge in [0.15, 0.2) is 17.3 Å². The largest absolute Gasteiger partial charge is 0.477 e. The minimum Gasteiger partial charge on any atom is -0.477 e. The fourth-order valence-electron chi connectivity index (χ4n) is 2.67. The molecule has 3 heterocycles. The van der Waals surface area contributed by atoms with E-state index in [-0.39, 0.29) is 5.69 Å². The molecule has 128 valence electrons. The highest BCUT2D eigenvalue weighted by molar-refractivity contribution is 5.86. The summed E-state index contributed by atoms with van der Waals surface area (Å²) in [5.74, 6) is 0.522. The third-order valence-electron chi connectivity index (χ3n) is 3.78. The molecule has 0 unspecified atom stereocenters. The first-order chi connectivity index (χ1) is 11.5. The van der Waals surface area contributed by atoms with Crippen LogP contribution in [-0.2, 0) is 11.2 Å². The van der Waals surface area contributed by atoms with E-state index in [1.165, 1.54) is 4.68 Å². The van der Waals surface area contributed by atoms with Crippen molar-refractivity contribution in [3.63, 3.8) is 0 Å². The molecule has 0 aromatic carbocycles. The van der Waals surface area contributed by atoms with Crippen molar-refractivity contribution in [3.8, 4) is 5.82 Å². The molecule has 0 saturated carbocycles. The molecule has 2 aromatic rings. The summed E-state index contributed by atoms with van der Waals surface area (Å²) in [5, 5.41) is 22.2. The van der Waals surface area contributed by atoms with Gasteiger partial charge in [0.1, 0.15) is 0 Å². The highest BCUT2D eigenvalue weighted by atomic mass is 16.5. The van der Waals surface area contributed by atoms with Gasteiger partial charge in [0.05, 0.1) is 18.9 Å². The maximum Gasteiger partial charge on any atom is 0.354 e. The van der Waals surface area contributed by atoms with Gasteiger partial charge < -0.3 is 14.7 Å². The molecule has 0 atom stereocenters. The van der Waals surface area contributed by atoms with E-state index in [4.69, 9.17) is 4.74 Å². The van der Waals surface area contributed by atoms with Crippen LogP contribution in [0.3, 0.4) is 0 Å². The van der Waals surface area contributed by atoms with Crippen molar-refractivity contribution >= 4 is 11.8 Å². The van der Waals surface area contributed by atoms with Crippen molar-refractivity contribution in [1.82, 2.24) is 20.0 Å². The summed E-state index contributed by atoms with van der Waals surface area (Å²) in [5.41, 5.74) is 0.834. The van der Waals surface area contributed by atoms with Gasteiger partial charge in [-0.2, -0.15) is 5.10 Å². The van der Waals surface area contributed by atoms with Gasteiger partial charge in [-0.05, 0) is 30.5 Å². The molecule has 1 saturated heterocycles. The molecule has 0 aliphatic carbocycles. The summed E-state index contributed by atoms with van der Waals surface area (Å²) in [7, 11) is 0. The number of carboxylic acids is 1. The van der Waals surface area contributed by atoms with Gasteiger partial charge in [0.2, 0.25) is 0 Å². The van der Waals surface area contributed by atoms with Crippen molar-refractivity contribution in [3.05, 3.63) is 29.6 Å². The molecule has 3 rings (SSSR count). The van der Waals surface area contributed by atoms with Crippen LogP contribution in [0.25, 0.3) is 5.82 Å². The molecule has 1 aliphatic rings.